The number of nitrogens with zero attached hydrogens (tertiary/aromatic N) is 1. The highest BCUT2D eigenvalue weighted by Crippen LogP contribution is 2.26. The van der Waals surface area contributed by atoms with Gasteiger partial charge in [0.1, 0.15) is 12.2 Å². The topological polar surface area (TPSA) is 103 Å². The third-order valence-electron chi connectivity index (χ3n) is 5.57. The van der Waals surface area contributed by atoms with Gasteiger partial charge in [-0.15, -0.1) is 0 Å². The first-order valence-electron chi connectivity index (χ1n) is 10.3. The van der Waals surface area contributed by atoms with E-state index in [1.165, 1.54) is 28.6 Å². The molecule has 0 radical (unpaired) electrons. The maximum Gasteiger partial charge on any atom is 0.340 e. The second kappa shape index (κ2) is 9.26. The summed E-state index contributed by atoms with van der Waals surface area (Å²) in [5.74, 6) is -0.802. The fourth-order valence-electron chi connectivity index (χ4n) is 3.58. The number of aryl methyl sites for hydroxylation is 2. The molecule has 8 nitrogen and oxygen atoms in total. The number of esters is 1. The summed E-state index contributed by atoms with van der Waals surface area (Å²) in [6, 6.07) is 8.80. The van der Waals surface area contributed by atoms with Crippen LogP contribution < -0.4 is 5.63 Å². The van der Waals surface area contributed by atoms with Gasteiger partial charge in [-0.1, -0.05) is 11.6 Å². The lowest BCUT2D eigenvalue weighted by Gasteiger charge is -2.26. The number of carbonyl (C=O) groups excluding carboxylic acids is 1. The Morgan fingerprint density at radius 2 is 1.79 bits per heavy atom. The van der Waals surface area contributed by atoms with Gasteiger partial charge in [0.15, 0.2) is 0 Å². The minimum absolute atomic E-state index is 0.0577. The lowest BCUT2D eigenvalue weighted by atomic mass is 10.0. The molecular weight excluding hydrogens is 470 g/mol. The van der Waals surface area contributed by atoms with Crippen molar-refractivity contribution in [1.29, 1.82) is 0 Å². The van der Waals surface area contributed by atoms with E-state index < -0.39 is 21.6 Å². The van der Waals surface area contributed by atoms with Gasteiger partial charge in [0.05, 0.1) is 28.7 Å². The van der Waals surface area contributed by atoms with Crippen LogP contribution in [0.15, 0.2) is 50.5 Å². The Morgan fingerprint density at radius 1 is 1.09 bits per heavy atom. The Hall–Kier alpha value is -2.72. The Balaban J connectivity index is 1.60. The molecule has 2 heterocycles. The van der Waals surface area contributed by atoms with Gasteiger partial charge in [-0.05, 0) is 55.3 Å². The van der Waals surface area contributed by atoms with Crippen molar-refractivity contribution < 1.29 is 27.1 Å². The fourth-order valence-corrected chi connectivity index (χ4v) is 5.21. The molecule has 10 heteroatoms. The molecule has 3 aromatic rings. The summed E-state index contributed by atoms with van der Waals surface area (Å²) >= 11 is 6.17. The molecule has 0 unspecified atom stereocenters. The van der Waals surface area contributed by atoms with E-state index in [-0.39, 0.29) is 35.2 Å². The molecule has 2 aromatic carbocycles. The van der Waals surface area contributed by atoms with Gasteiger partial charge < -0.3 is 13.9 Å². The van der Waals surface area contributed by atoms with Crippen molar-refractivity contribution in [3.05, 3.63) is 74.1 Å². The van der Waals surface area contributed by atoms with E-state index in [1.54, 1.807) is 6.07 Å². The molecule has 1 aromatic heterocycles. The van der Waals surface area contributed by atoms with Crippen LogP contribution in [0.4, 0.5) is 0 Å². The number of benzene rings is 2. The molecule has 4 rings (SSSR count). The summed E-state index contributed by atoms with van der Waals surface area (Å²) < 4.78 is 43.0. The highest BCUT2D eigenvalue weighted by Gasteiger charge is 2.28. The van der Waals surface area contributed by atoms with Gasteiger partial charge >= 0.3 is 11.6 Å². The molecule has 0 aliphatic carbocycles. The Kier molecular flexibility index (Phi) is 6.58. The average molecular weight is 492 g/mol. The molecular formula is C23H22ClNO7S. The summed E-state index contributed by atoms with van der Waals surface area (Å²) in [7, 11) is -3.81. The second-order valence-corrected chi connectivity index (χ2v) is 10.1. The van der Waals surface area contributed by atoms with Gasteiger partial charge in [-0.2, -0.15) is 4.31 Å². The predicted octanol–water partition coefficient (Wildman–Crippen LogP) is 3.44. The van der Waals surface area contributed by atoms with E-state index in [2.05, 4.69) is 0 Å². The first kappa shape index (κ1) is 23.4. The summed E-state index contributed by atoms with van der Waals surface area (Å²) in [6.07, 6.45) is 0. The van der Waals surface area contributed by atoms with E-state index >= 15 is 0 Å². The Labute approximate surface area is 195 Å². The second-order valence-electron chi connectivity index (χ2n) is 7.76. The molecule has 0 bridgehead atoms. The lowest BCUT2D eigenvalue weighted by Crippen LogP contribution is -2.40. The van der Waals surface area contributed by atoms with Gasteiger partial charge in [0.2, 0.25) is 10.0 Å². The number of morpholine rings is 1. The molecule has 174 valence electrons. The van der Waals surface area contributed by atoms with E-state index in [4.69, 9.17) is 25.5 Å². The van der Waals surface area contributed by atoms with Crippen LogP contribution >= 0.6 is 11.6 Å². The van der Waals surface area contributed by atoms with Gasteiger partial charge in [0.25, 0.3) is 0 Å². The third kappa shape index (κ3) is 4.81. The molecule has 0 amide bonds. The number of sulfonamides is 1. The van der Waals surface area contributed by atoms with Crippen LogP contribution in [0.3, 0.4) is 0 Å². The van der Waals surface area contributed by atoms with E-state index in [1.807, 2.05) is 19.9 Å². The van der Waals surface area contributed by atoms with Crippen LogP contribution in [0, 0.1) is 13.8 Å². The number of rotatable bonds is 5. The highest BCUT2D eigenvalue weighted by molar-refractivity contribution is 7.89. The zero-order valence-electron chi connectivity index (χ0n) is 18.1. The van der Waals surface area contributed by atoms with E-state index in [0.29, 0.717) is 29.7 Å². The lowest BCUT2D eigenvalue weighted by molar-refractivity contribution is 0.0473. The zero-order chi connectivity index (χ0) is 23.8. The SMILES string of the molecule is Cc1cc2oc(=O)cc(COC(=O)c3cc(S(=O)(=O)N4CCOCC4)ccc3Cl)c2cc1C. The third-order valence-corrected chi connectivity index (χ3v) is 7.79. The van der Waals surface area contributed by atoms with Gasteiger partial charge in [-0.25, -0.2) is 18.0 Å². The fraction of sp³-hybridized carbons (Fsp3) is 0.304. The van der Waals surface area contributed by atoms with Crippen molar-refractivity contribution in [2.24, 2.45) is 0 Å². The summed E-state index contributed by atoms with van der Waals surface area (Å²) in [5.41, 5.74) is 2.19. The molecule has 0 spiro atoms. The molecule has 1 aliphatic rings. The molecule has 0 atom stereocenters. The standard InChI is InChI=1S/C23H22ClNO7S/c1-14-9-18-16(11-22(26)32-21(18)10-15(14)2)13-31-23(27)19-12-17(3-4-20(19)24)33(28,29)25-5-7-30-8-6-25/h3-4,9-12H,5-8,13H2,1-2H3. The molecule has 0 saturated carbocycles. The Morgan fingerprint density at radius 3 is 2.52 bits per heavy atom. The smallest absolute Gasteiger partial charge is 0.340 e. The van der Waals surface area contributed by atoms with Crippen LogP contribution in [0.2, 0.25) is 5.02 Å². The minimum Gasteiger partial charge on any atom is -0.457 e. The normalized spacial score (nSPS) is 15.0. The largest absolute Gasteiger partial charge is 0.457 e. The van der Waals surface area contributed by atoms with Crippen molar-refractivity contribution in [2.45, 2.75) is 25.3 Å². The van der Waals surface area contributed by atoms with Gasteiger partial charge in [0, 0.05) is 30.1 Å². The van der Waals surface area contributed by atoms with Crippen LogP contribution in [0.1, 0.15) is 27.0 Å². The molecule has 1 aliphatic heterocycles. The number of carbonyl (C=O) groups is 1. The highest BCUT2D eigenvalue weighted by atomic mass is 35.5. The number of halogens is 1. The molecule has 0 N–H and O–H groups in total. The predicted molar refractivity (Wildman–Crippen MR) is 122 cm³/mol. The van der Waals surface area contributed by atoms with E-state index in [0.717, 1.165) is 11.1 Å². The average Bonchev–Trinajstić information content (AvgIpc) is 2.79. The zero-order valence-corrected chi connectivity index (χ0v) is 19.7. The number of fused-ring (bicyclic) bond motifs is 1. The first-order valence-corrected chi connectivity index (χ1v) is 12.1. The molecule has 33 heavy (non-hydrogen) atoms. The molecule has 1 fully saturated rings. The first-order chi connectivity index (χ1) is 15.7. The van der Waals surface area contributed by atoms with Crippen molar-refractivity contribution in [3.63, 3.8) is 0 Å². The summed E-state index contributed by atoms with van der Waals surface area (Å²) in [6.45, 7) is 4.69. The van der Waals surface area contributed by atoms with Crippen LogP contribution in [-0.2, 0) is 26.1 Å². The number of hydrogen-bond donors (Lipinski definition) is 0. The summed E-state index contributed by atoms with van der Waals surface area (Å²) in [5, 5.41) is 0.713. The quantitative estimate of drug-likeness (QED) is 0.398. The number of ether oxygens (including phenoxy) is 2. The van der Waals surface area contributed by atoms with Gasteiger partial charge in [-0.3, -0.25) is 0 Å². The van der Waals surface area contributed by atoms with Crippen molar-refractivity contribution in [1.82, 2.24) is 4.31 Å². The summed E-state index contributed by atoms with van der Waals surface area (Å²) in [4.78, 5) is 24.7. The van der Waals surface area contributed by atoms with Crippen molar-refractivity contribution >= 4 is 38.6 Å². The maximum absolute atomic E-state index is 12.9. The van der Waals surface area contributed by atoms with Crippen LogP contribution in [0.25, 0.3) is 11.0 Å². The molecule has 1 saturated heterocycles. The monoisotopic (exact) mass is 491 g/mol. The van der Waals surface area contributed by atoms with E-state index in [9.17, 15) is 18.0 Å². The maximum atomic E-state index is 12.9. The van der Waals surface area contributed by atoms with Crippen LogP contribution in [-0.4, -0.2) is 45.0 Å². The minimum atomic E-state index is -3.81. The van der Waals surface area contributed by atoms with Crippen LogP contribution in [0.5, 0.6) is 0 Å². The number of hydrogen-bond acceptors (Lipinski definition) is 7. The van der Waals surface area contributed by atoms with Crippen molar-refractivity contribution in [3.8, 4) is 0 Å². The van der Waals surface area contributed by atoms with Crippen molar-refractivity contribution in [2.75, 3.05) is 26.3 Å². The Bertz CT molecular complexity index is 1390.